The number of rotatable bonds is 6. The molecule has 0 unspecified atom stereocenters. The molecule has 0 heterocycles. The first kappa shape index (κ1) is 14.4. The van der Waals surface area contributed by atoms with E-state index in [0.29, 0.717) is 17.9 Å². The maximum absolute atomic E-state index is 11.6. The molecule has 17 heavy (non-hydrogen) atoms. The molecule has 0 aliphatic carbocycles. The molecule has 0 saturated heterocycles. The Balaban J connectivity index is 2.39. The van der Waals surface area contributed by atoms with Crippen molar-refractivity contribution in [3.8, 4) is 0 Å². The number of carbonyl (C=O) groups is 1. The largest absolute Gasteiger partial charge is 0.462 e. The van der Waals surface area contributed by atoms with Crippen molar-refractivity contribution in [1.29, 1.82) is 0 Å². The maximum atomic E-state index is 11.6. The number of hydrogen-bond acceptors (Lipinski definition) is 4. The van der Waals surface area contributed by atoms with Gasteiger partial charge < -0.3 is 10.5 Å². The van der Waals surface area contributed by atoms with Crippen molar-refractivity contribution in [2.75, 3.05) is 23.8 Å². The number of benzene rings is 1. The van der Waals surface area contributed by atoms with Crippen LogP contribution in [-0.4, -0.2) is 24.1 Å². The van der Waals surface area contributed by atoms with Crippen LogP contribution in [0.2, 0.25) is 0 Å². The second-order valence-corrected chi connectivity index (χ2v) is 5.67. The second-order valence-electron chi connectivity index (χ2n) is 3.42. The summed E-state index contributed by atoms with van der Waals surface area (Å²) in [4.78, 5) is 11.6. The minimum Gasteiger partial charge on any atom is -0.462 e. The molecule has 0 amide bonds. The quantitative estimate of drug-likeness (QED) is 0.496. The number of ether oxygens (including phenoxy) is 1. The lowest BCUT2D eigenvalue weighted by Gasteiger charge is -2.05. The fourth-order valence-corrected chi connectivity index (χ4v) is 2.08. The summed E-state index contributed by atoms with van der Waals surface area (Å²) in [7, 11) is 0. The zero-order valence-corrected chi connectivity index (χ0v) is 12.1. The van der Waals surface area contributed by atoms with Crippen LogP contribution in [0.3, 0.4) is 0 Å². The summed E-state index contributed by atoms with van der Waals surface area (Å²) in [5, 5.41) is 0. The lowest BCUT2D eigenvalue weighted by molar-refractivity contribution is 0.0506. The predicted octanol–water partition coefficient (Wildman–Crippen LogP) is 3.33. The lowest BCUT2D eigenvalue weighted by Crippen LogP contribution is -2.07. The highest BCUT2D eigenvalue weighted by molar-refractivity contribution is 9.10. The van der Waals surface area contributed by atoms with Crippen LogP contribution in [0.1, 0.15) is 23.7 Å². The van der Waals surface area contributed by atoms with E-state index in [2.05, 4.69) is 22.9 Å². The number of carbonyl (C=O) groups excluding carboxylic acids is 1. The molecule has 0 atom stereocenters. The van der Waals surface area contributed by atoms with Gasteiger partial charge in [-0.05, 0) is 52.1 Å². The van der Waals surface area contributed by atoms with Gasteiger partial charge in [0.25, 0.3) is 0 Å². The highest BCUT2D eigenvalue weighted by Gasteiger charge is 2.08. The Bertz CT molecular complexity index is 385. The van der Waals surface area contributed by atoms with Crippen LogP contribution in [0.25, 0.3) is 0 Å². The summed E-state index contributed by atoms with van der Waals surface area (Å²) in [5.74, 6) is 1.80. The van der Waals surface area contributed by atoms with E-state index >= 15 is 0 Å². The summed E-state index contributed by atoms with van der Waals surface area (Å²) in [5.41, 5.74) is 6.73. The molecular formula is C12H16BrNO2S. The van der Waals surface area contributed by atoms with Gasteiger partial charge in [-0.25, -0.2) is 4.79 Å². The highest BCUT2D eigenvalue weighted by atomic mass is 79.9. The lowest BCUT2D eigenvalue weighted by atomic mass is 10.2. The average Bonchev–Trinajstić information content (AvgIpc) is 2.32. The number of nitrogens with two attached hydrogens (primary N) is 1. The van der Waals surface area contributed by atoms with E-state index < -0.39 is 0 Å². The molecule has 0 spiro atoms. The van der Waals surface area contributed by atoms with Crippen molar-refractivity contribution in [2.45, 2.75) is 13.3 Å². The molecule has 0 fully saturated rings. The van der Waals surface area contributed by atoms with Gasteiger partial charge in [-0.1, -0.05) is 6.92 Å². The second kappa shape index (κ2) is 7.61. The molecule has 5 heteroatoms. The van der Waals surface area contributed by atoms with Gasteiger partial charge in [0.05, 0.1) is 12.2 Å². The van der Waals surface area contributed by atoms with E-state index in [4.69, 9.17) is 10.5 Å². The molecule has 0 saturated carbocycles. The van der Waals surface area contributed by atoms with Gasteiger partial charge in [0.1, 0.15) is 0 Å². The Morgan fingerprint density at radius 2 is 2.29 bits per heavy atom. The first-order chi connectivity index (χ1) is 8.15. The summed E-state index contributed by atoms with van der Waals surface area (Å²) in [6.45, 7) is 2.57. The van der Waals surface area contributed by atoms with Crippen molar-refractivity contribution >= 4 is 39.3 Å². The number of anilines is 1. The Morgan fingerprint density at radius 1 is 1.53 bits per heavy atom. The van der Waals surface area contributed by atoms with E-state index in [-0.39, 0.29) is 5.97 Å². The average molecular weight is 318 g/mol. The van der Waals surface area contributed by atoms with E-state index in [1.807, 2.05) is 11.8 Å². The highest BCUT2D eigenvalue weighted by Crippen LogP contribution is 2.20. The zero-order chi connectivity index (χ0) is 12.7. The van der Waals surface area contributed by atoms with E-state index in [0.717, 1.165) is 22.4 Å². The SMILES string of the molecule is CCSCCCOC(=O)c1ccc(Br)c(N)c1. The van der Waals surface area contributed by atoms with Gasteiger partial charge in [0, 0.05) is 10.2 Å². The van der Waals surface area contributed by atoms with E-state index in [1.54, 1.807) is 18.2 Å². The summed E-state index contributed by atoms with van der Waals surface area (Å²) < 4.78 is 5.93. The maximum Gasteiger partial charge on any atom is 0.338 e. The first-order valence-corrected chi connectivity index (χ1v) is 7.39. The van der Waals surface area contributed by atoms with Crippen LogP contribution in [0.4, 0.5) is 5.69 Å². The van der Waals surface area contributed by atoms with Gasteiger partial charge in [-0.2, -0.15) is 11.8 Å². The van der Waals surface area contributed by atoms with Gasteiger partial charge in [-0.15, -0.1) is 0 Å². The topological polar surface area (TPSA) is 52.3 Å². The molecule has 0 radical (unpaired) electrons. The number of hydrogen-bond donors (Lipinski definition) is 1. The van der Waals surface area contributed by atoms with E-state index in [1.165, 1.54) is 0 Å². The van der Waals surface area contributed by atoms with Crippen LogP contribution in [0.5, 0.6) is 0 Å². The van der Waals surface area contributed by atoms with Crippen molar-refractivity contribution in [3.05, 3.63) is 28.2 Å². The van der Waals surface area contributed by atoms with Crippen molar-refractivity contribution in [1.82, 2.24) is 0 Å². The Hall–Kier alpha value is -0.680. The van der Waals surface area contributed by atoms with Gasteiger partial charge >= 0.3 is 5.97 Å². The number of esters is 1. The van der Waals surface area contributed by atoms with Gasteiger partial charge in [-0.3, -0.25) is 0 Å². The van der Waals surface area contributed by atoms with Gasteiger partial charge in [0.15, 0.2) is 0 Å². The molecule has 0 aliphatic rings. The smallest absolute Gasteiger partial charge is 0.338 e. The standard InChI is InChI=1S/C12H16BrNO2S/c1-2-17-7-3-6-16-12(15)9-4-5-10(13)11(14)8-9/h4-5,8H,2-3,6-7,14H2,1H3. The van der Waals surface area contributed by atoms with Crippen molar-refractivity contribution < 1.29 is 9.53 Å². The van der Waals surface area contributed by atoms with Crippen LogP contribution >= 0.6 is 27.7 Å². The Morgan fingerprint density at radius 3 is 2.94 bits per heavy atom. The molecule has 1 aromatic carbocycles. The third-order valence-electron chi connectivity index (χ3n) is 2.10. The van der Waals surface area contributed by atoms with E-state index in [9.17, 15) is 4.79 Å². The molecule has 3 nitrogen and oxygen atoms in total. The summed E-state index contributed by atoms with van der Waals surface area (Å²) in [6.07, 6.45) is 0.885. The number of nitrogen functional groups attached to an aromatic ring is 1. The number of thioether (sulfide) groups is 1. The molecule has 0 aliphatic heterocycles. The first-order valence-electron chi connectivity index (χ1n) is 5.45. The zero-order valence-electron chi connectivity index (χ0n) is 9.74. The minimum atomic E-state index is -0.314. The molecule has 0 bridgehead atoms. The molecule has 2 N–H and O–H groups in total. The van der Waals surface area contributed by atoms with Crippen LogP contribution in [0, 0.1) is 0 Å². The fraction of sp³-hybridized carbons (Fsp3) is 0.417. The Kier molecular flexibility index (Phi) is 6.44. The summed E-state index contributed by atoms with van der Waals surface area (Å²) in [6, 6.07) is 5.07. The number of halogens is 1. The monoisotopic (exact) mass is 317 g/mol. The minimum absolute atomic E-state index is 0.314. The van der Waals surface area contributed by atoms with Crippen LogP contribution < -0.4 is 5.73 Å². The fourth-order valence-electron chi connectivity index (χ4n) is 1.22. The third kappa shape index (κ3) is 5.00. The Labute approximate surface area is 114 Å². The van der Waals surface area contributed by atoms with Crippen LogP contribution in [0.15, 0.2) is 22.7 Å². The predicted molar refractivity (Wildman–Crippen MR) is 76.5 cm³/mol. The molecule has 0 aromatic heterocycles. The summed E-state index contributed by atoms with van der Waals surface area (Å²) >= 11 is 5.12. The molecule has 1 rings (SSSR count). The normalized spacial score (nSPS) is 10.2. The van der Waals surface area contributed by atoms with Crippen molar-refractivity contribution in [2.24, 2.45) is 0 Å². The molecular weight excluding hydrogens is 302 g/mol. The molecule has 1 aromatic rings. The third-order valence-corrected chi connectivity index (χ3v) is 3.81. The molecule has 94 valence electrons. The van der Waals surface area contributed by atoms with Crippen molar-refractivity contribution in [3.63, 3.8) is 0 Å². The van der Waals surface area contributed by atoms with Gasteiger partial charge in [0.2, 0.25) is 0 Å². The van der Waals surface area contributed by atoms with Crippen LogP contribution in [-0.2, 0) is 4.74 Å².